The molecule has 0 N–H and O–H groups in total. The quantitative estimate of drug-likeness (QED) is 0.623. The van der Waals surface area contributed by atoms with E-state index in [0.717, 1.165) is 25.5 Å². The second-order valence-corrected chi connectivity index (χ2v) is 5.67. The van der Waals surface area contributed by atoms with E-state index in [-0.39, 0.29) is 11.8 Å². The van der Waals surface area contributed by atoms with E-state index in [4.69, 9.17) is 9.47 Å². The van der Waals surface area contributed by atoms with Gasteiger partial charge in [0.2, 0.25) is 0 Å². The topological polar surface area (TPSA) is 47.5 Å². The summed E-state index contributed by atoms with van der Waals surface area (Å²) in [5.74, 6) is 0.148. The van der Waals surface area contributed by atoms with Gasteiger partial charge in [-0.1, -0.05) is 31.9 Å². The van der Waals surface area contributed by atoms with Gasteiger partial charge in [0.05, 0.1) is 19.4 Å². The highest BCUT2D eigenvalue weighted by atomic mass is 19.4. The summed E-state index contributed by atoms with van der Waals surface area (Å²) >= 11 is 0. The molecule has 0 unspecified atom stereocenters. The first-order valence-corrected chi connectivity index (χ1v) is 8.32. The lowest BCUT2D eigenvalue weighted by atomic mass is 10.2. The Kier molecular flexibility index (Phi) is 6.65. The maximum Gasteiger partial charge on any atom is 0.421 e. The minimum absolute atomic E-state index is 0.0779. The molecule has 1 aromatic carbocycles. The molecule has 26 heavy (non-hydrogen) atoms. The fraction of sp³-hybridized carbons (Fsp3) is 0.444. The molecule has 0 aliphatic carbocycles. The van der Waals surface area contributed by atoms with Gasteiger partial charge >= 0.3 is 12.2 Å². The lowest BCUT2D eigenvalue weighted by molar-refractivity contribution is -0.137. The number of methoxy groups -OCH3 is 1. The molecule has 0 saturated heterocycles. The third-order valence-electron chi connectivity index (χ3n) is 3.80. The minimum Gasteiger partial charge on any atom is -0.495 e. The van der Waals surface area contributed by atoms with E-state index < -0.39 is 11.7 Å². The molecule has 0 aliphatic rings. The Balaban J connectivity index is 2.39. The van der Waals surface area contributed by atoms with Crippen LogP contribution in [0.25, 0.3) is 0 Å². The number of para-hydroxylation sites is 2. The summed E-state index contributed by atoms with van der Waals surface area (Å²) < 4.78 is 50.9. The monoisotopic (exact) mass is 369 g/mol. The Bertz CT molecular complexity index is 723. The molecule has 0 fully saturated rings. The number of hydrogen-bond donors (Lipinski definition) is 0. The number of rotatable bonds is 8. The summed E-state index contributed by atoms with van der Waals surface area (Å²) in [6.45, 7) is 2.41. The fourth-order valence-corrected chi connectivity index (χ4v) is 2.42. The van der Waals surface area contributed by atoms with E-state index in [1.807, 2.05) is 0 Å². The molecule has 0 aliphatic heterocycles. The maximum atomic E-state index is 13.4. The Morgan fingerprint density at radius 2 is 1.88 bits per heavy atom. The summed E-state index contributed by atoms with van der Waals surface area (Å²) in [6.07, 6.45) is -1.07. The van der Waals surface area contributed by atoms with Crippen molar-refractivity contribution in [3.63, 3.8) is 0 Å². The average Bonchev–Trinajstić information content (AvgIpc) is 2.63. The summed E-state index contributed by atoms with van der Waals surface area (Å²) in [4.78, 5) is 9.04. The molecular formula is C18H22F3N3O2. The number of aromatic nitrogens is 2. The zero-order valence-corrected chi connectivity index (χ0v) is 15.0. The second-order valence-electron chi connectivity index (χ2n) is 5.67. The zero-order valence-electron chi connectivity index (χ0n) is 15.0. The lowest BCUT2D eigenvalue weighted by Crippen LogP contribution is -2.20. The van der Waals surface area contributed by atoms with Gasteiger partial charge in [-0.05, 0) is 18.6 Å². The summed E-state index contributed by atoms with van der Waals surface area (Å²) in [6, 6.07) is 6.70. The molecule has 0 spiro atoms. The van der Waals surface area contributed by atoms with Crippen molar-refractivity contribution in [1.29, 1.82) is 0 Å². The van der Waals surface area contributed by atoms with Gasteiger partial charge < -0.3 is 14.4 Å². The van der Waals surface area contributed by atoms with Crippen LogP contribution in [0.5, 0.6) is 11.8 Å². The van der Waals surface area contributed by atoms with Gasteiger partial charge in [0.25, 0.3) is 0 Å². The third kappa shape index (κ3) is 4.77. The van der Waals surface area contributed by atoms with E-state index in [9.17, 15) is 13.2 Å². The molecule has 2 aromatic rings. The Morgan fingerprint density at radius 1 is 1.15 bits per heavy atom. The average molecular weight is 369 g/mol. The van der Waals surface area contributed by atoms with E-state index in [0.29, 0.717) is 18.0 Å². The highest BCUT2D eigenvalue weighted by Crippen LogP contribution is 2.39. The van der Waals surface area contributed by atoms with Crippen molar-refractivity contribution in [3.05, 3.63) is 36.0 Å². The van der Waals surface area contributed by atoms with Crippen LogP contribution in [0.1, 0.15) is 31.7 Å². The smallest absolute Gasteiger partial charge is 0.421 e. The number of unbranched alkanes of at least 4 members (excludes halogenated alkanes) is 2. The Hall–Kier alpha value is -2.51. The molecule has 0 amide bonds. The van der Waals surface area contributed by atoms with E-state index in [1.165, 1.54) is 19.1 Å². The van der Waals surface area contributed by atoms with Crippen molar-refractivity contribution < 1.29 is 22.6 Å². The zero-order chi connectivity index (χ0) is 19.2. The van der Waals surface area contributed by atoms with E-state index >= 15 is 0 Å². The summed E-state index contributed by atoms with van der Waals surface area (Å²) in [5.41, 5.74) is -0.483. The molecule has 0 atom stereocenters. The van der Waals surface area contributed by atoms with Crippen LogP contribution in [-0.2, 0) is 6.18 Å². The van der Waals surface area contributed by atoms with Gasteiger partial charge in [0, 0.05) is 13.2 Å². The van der Waals surface area contributed by atoms with Gasteiger partial charge in [-0.2, -0.15) is 18.2 Å². The van der Waals surface area contributed by atoms with Crippen molar-refractivity contribution in [3.8, 4) is 11.8 Å². The van der Waals surface area contributed by atoms with Crippen LogP contribution in [0.2, 0.25) is 0 Å². The molecule has 2 rings (SSSR count). The third-order valence-corrected chi connectivity index (χ3v) is 3.80. The van der Waals surface area contributed by atoms with Crippen LogP contribution >= 0.6 is 0 Å². The minimum atomic E-state index is -4.59. The molecule has 1 aromatic heterocycles. The van der Waals surface area contributed by atoms with Gasteiger partial charge in [0.15, 0.2) is 5.82 Å². The number of alkyl halides is 3. The Labute approximate surface area is 150 Å². The number of nitrogens with zero attached hydrogens (tertiary/aromatic N) is 3. The molecule has 1 heterocycles. The van der Waals surface area contributed by atoms with Crippen molar-refractivity contribution in [2.75, 3.05) is 25.7 Å². The number of hydrogen-bond acceptors (Lipinski definition) is 5. The van der Waals surface area contributed by atoms with Crippen LogP contribution in [-0.4, -0.2) is 30.7 Å². The first-order valence-electron chi connectivity index (χ1n) is 8.32. The van der Waals surface area contributed by atoms with Gasteiger partial charge in [-0.15, -0.1) is 0 Å². The number of halogens is 3. The van der Waals surface area contributed by atoms with Gasteiger partial charge in [-0.25, -0.2) is 4.98 Å². The van der Waals surface area contributed by atoms with Crippen LogP contribution in [0.4, 0.5) is 24.7 Å². The maximum absolute atomic E-state index is 13.4. The molecule has 5 nitrogen and oxygen atoms in total. The molecule has 0 saturated carbocycles. The van der Waals surface area contributed by atoms with E-state index in [2.05, 4.69) is 16.9 Å². The van der Waals surface area contributed by atoms with E-state index in [1.54, 1.807) is 24.3 Å². The fourth-order valence-electron chi connectivity index (χ4n) is 2.42. The normalized spacial score (nSPS) is 11.3. The predicted octanol–water partition coefficient (Wildman–Crippen LogP) is 4.84. The second kappa shape index (κ2) is 8.73. The van der Waals surface area contributed by atoms with Gasteiger partial charge in [0.1, 0.15) is 11.3 Å². The van der Waals surface area contributed by atoms with Crippen LogP contribution in [0.3, 0.4) is 0 Å². The number of benzene rings is 1. The predicted molar refractivity (Wildman–Crippen MR) is 93.1 cm³/mol. The first-order chi connectivity index (χ1) is 12.4. The summed E-state index contributed by atoms with van der Waals surface area (Å²) in [5, 5.41) is 0. The number of anilines is 2. The van der Waals surface area contributed by atoms with Crippen molar-refractivity contribution in [1.82, 2.24) is 9.97 Å². The molecule has 0 radical (unpaired) electrons. The Morgan fingerprint density at radius 3 is 2.54 bits per heavy atom. The van der Waals surface area contributed by atoms with Crippen LogP contribution < -0.4 is 14.4 Å². The highest BCUT2D eigenvalue weighted by molar-refractivity contribution is 5.68. The highest BCUT2D eigenvalue weighted by Gasteiger charge is 2.37. The number of ether oxygens (including phenoxy) is 2. The van der Waals surface area contributed by atoms with Crippen molar-refractivity contribution >= 4 is 11.5 Å². The molecule has 0 bridgehead atoms. The van der Waals surface area contributed by atoms with Crippen LogP contribution in [0.15, 0.2) is 30.5 Å². The first kappa shape index (κ1) is 19.8. The van der Waals surface area contributed by atoms with Crippen molar-refractivity contribution in [2.45, 2.75) is 32.4 Å². The molecular weight excluding hydrogens is 347 g/mol. The standard InChI is InChI=1S/C18H22F3N3O2/c1-4-5-8-11-26-17-22-12-13(18(19,20)21)16(23-17)24(2)14-9-6-7-10-15(14)25-3/h6-7,9-10,12H,4-5,8,11H2,1-3H3. The van der Waals surface area contributed by atoms with Crippen molar-refractivity contribution in [2.24, 2.45) is 0 Å². The molecule has 8 heteroatoms. The van der Waals surface area contributed by atoms with Crippen LogP contribution in [0, 0.1) is 0 Å². The SMILES string of the molecule is CCCCCOc1ncc(C(F)(F)F)c(N(C)c2ccccc2OC)n1. The largest absolute Gasteiger partial charge is 0.495 e. The molecule has 142 valence electrons. The van der Waals surface area contributed by atoms with Gasteiger partial charge in [-0.3, -0.25) is 0 Å². The lowest BCUT2D eigenvalue weighted by Gasteiger charge is -2.24. The summed E-state index contributed by atoms with van der Waals surface area (Å²) in [7, 11) is 2.95.